The summed E-state index contributed by atoms with van der Waals surface area (Å²) in [6.45, 7) is 1.32. The number of benzene rings is 1. The lowest BCUT2D eigenvalue weighted by Crippen LogP contribution is -2.42. The normalized spacial score (nSPS) is 18.6. The number of rotatable bonds is 3. The van der Waals surface area contributed by atoms with Gasteiger partial charge in [-0.1, -0.05) is 18.2 Å². The van der Waals surface area contributed by atoms with Gasteiger partial charge in [0.2, 0.25) is 0 Å². The Morgan fingerprint density at radius 2 is 1.93 bits per heavy atom. The fourth-order valence-electron chi connectivity index (χ4n) is 4.30. The Kier molecular flexibility index (Phi) is 5.39. The summed E-state index contributed by atoms with van der Waals surface area (Å²) in [5.41, 5.74) is 4.36. The standard InChI is InChI=1S/C22H27N3O2/c26-21(20-9-3-4-13-23-20)17-11-14-25(15-12-17)22(27)24-19-10-5-7-16-6-1-2-8-18(16)19/h3-5,7,9-10,13,17,21,26H,1-2,6,8,11-12,14-15H2,(H,24,27)/t21-/m1/s1. The number of carbonyl (C=O) groups is 1. The molecule has 5 heteroatoms. The van der Waals surface area contributed by atoms with Gasteiger partial charge in [-0.05, 0) is 73.8 Å². The number of pyridine rings is 1. The number of nitrogens with zero attached hydrogens (tertiary/aromatic N) is 2. The summed E-state index contributed by atoms with van der Waals surface area (Å²) in [5, 5.41) is 13.7. The fraction of sp³-hybridized carbons (Fsp3) is 0.455. The minimum atomic E-state index is -0.558. The van der Waals surface area contributed by atoms with Gasteiger partial charge in [0.15, 0.2) is 0 Å². The molecule has 0 unspecified atom stereocenters. The molecule has 27 heavy (non-hydrogen) atoms. The van der Waals surface area contributed by atoms with Gasteiger partial charge in [-0.2, -0.15) is 0 Å². The Morgan fingerprint density at radius 3 is 2.70 bits per heavy atom. The van der Waals surface area contributed by atoms with E-state index in [0.717, 1.165) is 37.1 Å². The summed E-state index contributed by atoms with van der Waals surface area (Å²) < 4.78 is 0. The van der Waals surface area contributed by atoms with Gasteiger partial charge in [0.1, 0.15) is 0 Å². The second-order valence-electron chi connectivity index (χ2n) is 7.60. The zero-order valence-corrected chi connectivity index (χ0v) is 15.6. The van der Waals surface area contributed by atoms with Gasteiger partial charge in [-0.3, -0.25) is 4.98 Å². The second-order valence-corrected chi connectivity index (χ2v) is 7.60. The number of aliphatic hydroxyl groups is 1. The SMILES string of the molecule is O=C(Nc1cccc2c1CCCC2)N1CCC([C@@H](O)c2ccccn2)CC1. The molecule has 0 bridgehead atoms. The number of aromatic nitrogens is 1. The van der Waals surface area contributed by atoms with E-state index in [1.807, 2.05) is 35.2 Å². The van der Waals surface area contributed by atoms with Crippen molar-refractivity contribution in [1.82, 2.24) is 9.88 Å². The zero-order chi connectivity index (χ0) is 18.6. The Morgan fingerprint density at radius 1 is 1.11 bits per heavy atom. The van der Waals surface area contributed by atoms with Crippen molar-refractivity contribution in [2.75, 3.05) is 18.4 Å². The lowest BCUT2D eigenvalue weighted by molar-refractivity contribution is 0.0652. The molecule has 1 aromatic heterocycles. The smallest absolute Gasteiger partial charge is 0.321 e. The molecule has 2 amide bonds. The molecule has 1 aliphatic carbocycles. The van der Waals surface area contributed by atoms with Crippen LogP contribution in [-0.4, -0.2) is 34.1 Å². The van der Waals surface area contributed by atoms with Gasteiger partial charge in [0, 0.05) is 25.0 Å². The van der Waals surface area contributed by atoms with Gasteiger partial charge >= 0.3 is 6.03 Å². The predicted molar refractivity (Wildman–Crippen MR) is 106 cm³/mol. The van der Waals surface area contributed by atoms with Crippen LogP contribution in [0.1, 0.15) is 48.6 Å². The number of carbonyl (C=O) groups excluding carboxylic acids is 1. The Labute approximate surface area is 160 Å². The number of nitrogens with one attached hydrogen (secondary N) is 1. The van der Waals surface area contributed by atoms with Crippen molar-refractivity contribution in [3.05, 3.63) is 59.4 Å². The van der Waals surface area contributed by atoms with Crippen LogP contribution in [0.3, 0.4) is 0 Å². The third-order valence-electron chi connectivity index (χ3n) is 5.90. The molecule has 1 fully saturated rings. The van der Waals surface area contributed by atoms with Crippen LogP contribution in [0.5, 0.6) is 0 Å². The van der Waals surface area contributed by atoms with Crippen molar-refractivity contribution >= 4 is 11.7 Å². The number of piperidine rings is 1. The number of fused-ring (bicyclic) bond motifs is 1. The van der Waals surface area contributed by atoms with E-state index in [1.165, 1.54) is 24.0 Å². The summed E-state index contributed by atoms with van der Waals surface area (Å²) >= 11 is 0. The van der Waals surface area contributed by atoms with Gasteiger partial charge < -0.3 is 15.3 Å². The van der Waals surface area contributed by atoms with Crippen LogP contribution in [0.25, 0.3) is 0 Å². The number of anilines is 1. The number of amides is 2. The van der Waals surface area contributed by atoms with Crippen LogP contribution in [0.4, 0.5) is 10.5 Å². The molecule has 1 aromatic carbocycles. The molecule has 0 radical (unpaired) electrons. The van der Waals surface area contributed by atoms with E-state index in [2.05, 4.69) is 16.4 Å². The summed E-state index contributed by atoms with van der Waals surface area (Å²) in [6, 6.07) is 11.8. The molecule has 1 atom stereocenters. The van der Waals surface area contributed by atoms with E-state index in [-0.39, 0.29) is 11.9 Å². The fourth-order valence-corrected chi connectivity index (χ4v) is 4.30. The van der Waals surface area contributed by atoms with Crippen molar-refractivity contribution < 1.29 is 9.90 Å². The van der Waals surface area contributed by atoms with Crippen molar-refractivity contribution in [2.24, 2.45) is 5.92 Å². The highest BCUT2D eigenvalue weighted by Gasteiger charge is 2.29. The third-order valence-corrected chi connectivity index (χ3v) is 5.90. The maximum atomic E-state index is 12.7. The van der Waals surface area contributed by atoms with Gasteiger partial charge in [-0.15, -0.1) is 0 Å². The van der Waals surface area contributed by atoms with Crippen LogP contribution in [0, 0.1) is 5.92 Å². The first-order valence-corrected chi connectivity index (χ1v) is 9.98. The summed E-state index contributed by atoms with van der Waals surface area (Å²) in [4.78, 5) is 18.9. The Bertz CT molecular complexity index is 785. The van der Waals surface area contributed by atoms with Crippen LogP contribution in [0.15, 0.2) is 42.6 Å². The van der Waals surface area contributed by atoms with E-state index in [0.29, 0.717) is 13.1 Å². The summed E-state index contributed by atoms with van der Waals surface area (Å²) in [5.74, 6) is 0.147. The summed E-state index contributed by atoms with van der Waals surface area (Å²) in [7, 11) is 0. The molecular weight excluding hydrogens is 338 g/mol. The minimum Gasteiger partial charge on any atom is -0.387 e. The second kappa shape index (κ2) is 8.09. The number of likely N-dealkylation sites (tertiary alicyclic amines) is 1. The van der Waals surface area contributed by atoms with Crippen LogP contribution >= 0.6 is 0 Å². The Hall–Kier alpha value is -2.40. The number of aryl methyl sites for hydroxylation is 1. The number of hydrogen-bond donors (Lipinski definition) is 2. The average Bonchev–Trinajstić information content (AvgIpc) is 2.74. The monoisotopic (exact) mass is 365 g/mol. The molecular formula is C22H27N3O2. The molecule has 1 saturated heterocycles. The highest BCUT2D eigenvalue weighted by atomic mass is 16.3. The molecule has 4 rings (SSSR count). The highest BCUT2D eigenvalue weighted by molar-refractivity contribution is 5.90. The lowest BCUT2D eigenvalue weighted by atomic mass is 9.89. The van der Waals surface area contributed by atoms with Crippen LogP contribution < -0.4 is 5.32 Å². The van der Waals surface area contributed by atoms with Crippen molar-refractivity contribution in [3.8, 4) is 0 Å². The number of urea groups is 1. The summed E-state index contributed by atoms with van der Waals surface area (Å²) in [6.07, 6.45) is 7.31. The minimum absolute atomic E-state index is 0.0280. The predicted octanol–water partition coefficient (Wildman–Crippen LogP) is 3.94. The van der Waals surface area contributed by atoms with Crippen LogP contribution in [-0.2, 0) is 12.8 Å². The van der Waals surface area contributed by atoms with Crippen LogP contribution in [0.2, 0.25) is 0 Å². The first-order valence-electron chi connectivity index (χ1n) is 9.98. The van der Waals surface area contributed by atoms with Gasteiger partial charge in [-0.25, -0.2) is 4.79 Å². The lowest BCUT2D eigenvalue weighted by Gasteiger charge is -2.34. The molecule has 2 N–H and O–H groups in total. The van der Waals surface area contributed by atoms with Crippen molar-refractivity contribution in [1.29, 1.82) is 0 Å². The molecule has 2 aromatic rings. The number of hydrogen-bond acceptors (Lipinski definition) is 3. The first-order chi connectivity index (χ1) is 13.2. The molecule has 142 valence electrons. The molecule has 0 saturated carbocycles. The van der Waals surface area contributed by atoms with Gasteiger partial charge in [0.25, 0.3) is 0 Å². The van der Waals surface area contributed by atoms with Crippen molar-refractivity contribution in [2.45, 2.75) is 44.6 Å². The van der Waals surface area contributed by atoms with E-state index >= 15 is 0 Å². The average molecular weight is 365 g/mol. The molecule has 5 nitrogen and oxygen atoms in total. The molecule has 2 aliphatic rings. The van der Waals surface area contributed by atoms with Gasteiger partial charge in [0.05, 0.1) is 11.8 Å². The van der Waals surface area contributed by atoms with Crippen molar-refractivity contribution in [3.63, 3.8) is 0 Å². The topological polar surface area (TPSA) is 65.5 Å². The third kappa shape index (κ3) is 3.98. The van der Waals surface area contributed by atoms with E-state index in [9.17, 15) is 9.90 Å². The molecule has 2 heterocycles. The maximum Gasteiger partial charge on any atom is 0.321 e. The van der Waals surface area contributed by atoms with E-state index in [1.54, 1.807) is 6.20 Å². The van der Waals surface area contributed by atoms with E-state index in [4.69, 9.17) is 0 Å². The molecule has 0 spiro atoms. The highest BCUT2D eigenvalue weighted by Crippen LogP contribution is 2.31. The zero-order valence-electron chi connectivity index (χ0n) is 15.6. The maximum absolute atomic E-state index is 12.7. The van der Waals surface area contributed by atoms with E-state index < -0.39 is 6.10 Å². The first kappa shape index (κ1) is 18.0. The Balaban J connectivity index is 1.35. The largest absolute Gasteiger partial charge is 0.387 e. The molecule has 1 aliphatic heterocycles. The quantitative estimate of drug-likeness (QED) is 0.866. The number of aliphatic hydroxyl groups excluding tert-OH is 1.